The maximum Gasteiger partial charge on any atom is 0.202 e. The molecule has 2 aromatic rings. The number of fused-ring (bicyclic) bond motifs is 1. The fourth-order valence-electron chi connectivity index (χ4n) is 2.46. The summed E-state index contributed by atoms with van der Waals surface area (Å²) >= 11 is 1.38. The summed E-state index contributed by atoms with van der Waals surface area (Å²) in [6.07, 6.45) is 1.80. The minimum absolute atomic E-state index is 0.00274. The van der Waals surface area contributed by atoms with Gasteiger partial charge in [-0.1, -0.05) is 17.8 Å². The second kappa shape index (κ2) is 5.50. The summed E-state index contributed by atoms with van der Waals surface area (Å²) in [6, 6.07) is 6.91. The molecule has 1 N–H and O–H groups in total. The predicted molar refractivity (Wildman–Crippen MR) is 86.5 cm³/mol. The number of phenolic OH excluding ortho intramolecular Hbond substituents is 1. The Morgan fingerprint density at radius 2 is 2.05 bits per heavy atom. The van der Waals surface area contributed by atoms with Gasteiger partial charge in [0.2, 0.25) is 5.78 Å². The smallest absolute Gasteiger partial charge is 0.202 e. The Balaban J connectivity index is 2.01. The standard InChI is InChI=1S/C17H15NO3S/c1-9-6-10(2)18-17-15(9)16(20)14(22-17)8-11-4-5-12(19)13(7-11)21-3/h4-8,19H,1-3H3/b14-8-. The fraction of sp³-hybridized carbons (Fsp3) is 0.176. The van der Waals surface area contributed by atoms with Gasteiger partial charge in [-0.2, -0.15) is 0 Å². The van der Waals surface area contributed by atoms with Crippen molar-refractivity contribution in [3.05, 3.63) is 51.6 Å². The molecule has 0 saturated carbocycles. The van der Waals surface area contributed by atoms with E-state index in [4.69, 9.17) is 4.74 Å². The number of aromatic nitrogens is 1. The number of methoxy groups -OCH3 is 1. The van der Waals surface area contributed by atoms with E-state index < -0.39 is 0 Å². The van der Waals surface area contributed by atoms with Gasteiger partial charge in [-0.15, -0.1) is 0 Å². The van der Waals surface area contributed by atoms with Gasteiger partial charge in [0.1, 0.15) is 5.03 Å². The van der Waals surface area contributed by atoms with E-state index in [1.165, 1.54) is 18.9 Å². The van der Waals surface area contributed by atoms with E-state index in [9.17, 15) is 9.90 Å². The van der Waals surface area contributed by atoms with Gasteiger partial charge in [0.15, 0.2) is 11.5 Å². The van der Waals surface area contributed by atoms with Crippen LogP contribution < -0.4 is 4.74 Å². The zero-order valence-corrected chi connectivity index (χ0v) is 13.3. The molecule has 0 saturated heterocycles. The Bertz CT molecular complexity index is 812. The topological polar surface area (TPSA) is 59.4 Å². The van der Waals surface area contributed by atoms with Crippen molar-refractivity contribution in [2.45, 2.75) is 18.9 Å². The highest BCUT2D eigenvalue weighted by atomic mass is 32.2. The molecular weight excluding hydrogens is 298 g/mol. The number of phenols is 1. The first-order chi connectivity index (χ1) is 10.5. The average molecular weight is 313 g/mol. The first-order valence-corrected chi connectivity index (χ1v) is 7.60. The first kappa shape index (κ1) is 14.7. The van der Waals surface area contributed by atoms with Gasteiger partial charge in [-0.3, -0.25) is 4.79 Å². The molecule has 0 radical (unpaired) electrons. The number of thioether (sulfide) groups is 1. The van der Waals surface area contributed by atoms with Crippen LogP contribution in [0.25, 0.3) is 6.08 Å². The Kier molecular flexibility index (Phi) is 3.66. The van der Waals surface area contributed by atoms with E-state index in [1.807, 2.05) is 19.9 Å². The van der Waals surface area contributed by atoms with Gasteiger partial charge < -0.3 is 9.84 Å². The number of aromatic hydroxyl groups is 1. The maximum atomic E-state index is 12.5. The minimum atomic E-state index is -0.00274. The van der Waals surface area contributed by atoms with Gasteiger partial charge >= 0.3 is 0 Å². The molecule has 1 aliphatic rings. The second-order valence-corrected chi connectivity index (χ2v) is 6.16. The summed E-state index contributed by atoms with van der Waals surface area (Å²) in [5, 5.41) is 10.4. The molecule has 0 spiro atoms. The molecule has 1 aromatic heterocycles. The molecule has 1 aliphatic heterocycles. The molecule has 0 amide bonds. The number of aryl methyl sites for hydroxylation is 2. The molecule has 2 heterocycles. The molecule has 0 bridgehead atoms. The monoisotopic (exact) mass is 313 g/mol. The number of rotatable bonds is 2. The lowest BCUT2D eigenvalue weighted by Crippen LogP contribution is -1.99. The van der Waals surface area contributed by atoms with Gasteiger partial charge in [-0.05, 0) is 49.2 Å². The van der Waals surface area contributed by atoms with Crippen LogP contribution in [0.4, 0.5) is 0 Å². The summed E-state index contributed by atoms with van der Waals surface area (Å²) in [6.45, 7) is 3.85. The third kappa shape index (κ3) is 2.48. The number of nitrogens with zero attached hydrogens (tertiary/aromatic N) is 1. The molecule has 22 heavy (non-hydrogen) atoms. The summed E-state index contributed by atoms with van der Waals surface area (Å²) in [5.41, 5.74) is 3.34. The number of ketones is 1. The van der Waals surface area contributed by atoms with Crippen molar-refractivity contribution in [2.24, 2.45) is 0 Å². The average Bonchev–Trinajstić information content (AvgIpc) is 2.77. The minimum Gasteiger partial charge on any atom is -0.504 e. The van der Waals surface area contributed by atoms with E-state index in [0.29, 0.717) is 16.2 Å². The van der Waals surface area contributed by atoms with Gasteiger partial charge in [0, 0.05) is 5.69 Å². The third-order valence-corrected chi connectivity index (χ3v) is 4.48. The lowest BCUT2D eigenvalue weighted by molar-refractivity contribution is 0.104. The van der Waals surface area contributed by atoms with E-state index in [2.05, 4.69) is 4.98 Å². The molecule has 112 valence electrons. The van der Waals surface area contributed by atoms with Crippen molar-refractivity contribution >= 4 is 23.6 Å². The van der Waals surface area contributed by atoms with Crippen LogP contribution in [0.2, 0.25) is 0 Å². The number of carbonyl (C=O) groups is 1. The highest BCUT2D eigenvalue weighted by Gasteiger charge is 2.29. The Morgan fingerprint density at radius 3 is 2.77 bits per heavy atom. The van der Waals surface area contributed by atoms with Crippen LogP contribution in [-0.2, 0) is 0 Å². The maximum absolute atomic E-state index is 12.5. The van der Waals surface area contributed by atoms with Crippen LogP contribution in [0.1, 0.15) is 27.2 Å². The van der Waals surface area contributed by atoms with E-state index >= 15 is 0 Å². The molecule has 0 atom stereocenters. The molecule has 1 aromatic carbocycles. The Hall–Kier alpha value is -2.27. The zero-order chi connectivity index (χ0) is 15.9. The van der Waals surface area contributed by atoms with Crippen molar-refractivity contribution < 1.29 is 14.6 Å². The van der Waals surface area contributed by atoms with E-state index in [1.54, 1.807) is 24.3 Å². The van der Waals surface area contributed by atoms with Crippen LogP contribution in [0.15, 0.2) is 34.2 Å². The van der Waals surface area contributed by atoms with Crippen molar-refractivity contribution in [1.29, 1.82) is 0 Å². The number of benzene rings is 1. The number of Topliss-reactive ketones (excluding diaryl/α,β-unsaturated/α-hetero) is 1. The second-order valence-electron chi connectivity index (χ2n) is 5.13. The lowest BCUT2D eigenvalue weighted by atomic mass is 10.1. The van der Waals surface area contributed by atoms with E-state index in [-0.39, 0.29) is 11.5 Å². The SMILES string of the molecule is COc1cc(/C=C2\Sc3nc(C)cc(C)c3C2=O)ccc1O. The number of ether oxygens (including phenoxy) is 1. The van der Waals surface area contributed by atoms with Gasteiger partial charge in [-0.25, -0.2) is 4.98 Å². The number of hydrogen-bond donors (Lipinski definition) is 1. The van der Waals surface area contributed by atoms with Crippen LogP contribution >= 0.6 is 11.8 Å². The summed E-state index contributed by atoms with van der Waals surface area (Å²) < 4.78 is 5.09. The van der Waals surface area contributed by atoms with Crippen molar-refractivity contribution in [1.82, 2.24) is 4.98 Å². The number of pyridine rings is 1. The van der Waals surface area contributed by atoms with Crippen LogP contribution in [0.3, 0.4) is 0 Å². The van der Waals surface area contributed by atoms with Gasteiger partial charge in [0.05, 0.1) is 17.6 Å². The van der Waals surface area contributed by atoms with E-state index in [0.717, 1.165) is 21.8 Å². The van der Waals surface area contributed by atoms with Crippen molar-refractivity contribution in [3.8, 4) is 11.5 Å². The Morgan fingerprint density at radius 1 is 1.27 bits per heavy atom. The fourth-order valence-corrected chi connectivity index (χ4v) is 3.60. The molecule has 3 rings (SSSR count). The third-order valence-electron chi connectivity index (χ3n) is 3.47. The first-order valence-electron chi connectivity index (χ1n) is 6.79. The Labute approximate surface area is 132 Å². The van der Waals surface area contributed by atoms with Crippen LogP contribution in [0.5, 0.6) is 11.5 Å². The lowest BCUT2D eigenvalue weighted by Gasteiger charge is -2.04. The molecule has 0 unspecified atom stereocenters. The number of allylic oxidation sites excluding steroid dienone is 1. The molecule has 5 heteroatoms. The predicted octanol–water partition coefficient (Wildman–Crippen LogP) is 3.74. The van der Waals surface area contributed by atoms with Crippen molar-refractivity contribution in [3.63, 3.8) is 0 Å². The highest BCUT2D eigenvalue weighted by molar-refractivity contribution is 8.04. The number of hydrogen-bond acceptors (Lipinski definition) is 5. The molecular formula is C17H15NO3S. The largest absolute Gasteiger partial charge is 0.504 e. The highest BCUT2D eigenvalue weighted by Crippen LogP contribution is 2.41. The number of carbonyl (C=O) groups excluding carboxylic acids is 1. The molecule has 0 fully saturated rings. The zero-order valence-electron chi connectivity index (χ0n) is 12.5. The summed E-state index contributed by atoms with van der Waals surface area (Å²) in [5.74, 6) is 0.455. The molecule has 4 nitrogen and oxygen atoms in total. The van der Waals surface area contributed by atoms with Crippen molar-refractivity contribution in [2.75, 3.05) is 7.11 Å². The van der Waals surface area contributed by atoms with Crippen LogP contribution in [-0.4, -0.2) is 23.0 Å². The normalized spacial score (nSPS) is 15.2. The van der Waals surface area contributed by atoms with Crippen LogP contribution in [0, 0.1) is 13.8 Å². The summed E-state index contributed by atoms with van der Waals surface area (Å²) in [7, 11) is 1.49. The molecule has 0 aliphatic carbocycles. The summed E-state index contributed by atoms with van der Waals surface area (Å²) in [4.78, 5) is 17.6. The van der Waals surface area contributed by atoms with Gasteiger partial charge in [0.25, 0.3) is 0 Å². The quantitative estimate of drug-likeness (QED) is 0.856.